The van der Waals surface area contributed by atoms with Crippen molar-refractivity contribution in [2.24, 2.45) is 0 Å². The summed E-state index contributed by atoms with van der Waals surface area (Å²) in [5.74, 6) is -1.11. The van der Waals surface area contributed by atoms with Crippen LogP contribution in [0.15, 0.2) is 61.2 Å². The van der Waals surface area contributed by atoms with Gasteiger partial charge in [0.05, 0.1) is 31.1 Å². The Hall–Kier alpha value is -4.08. The van der Waals surface area contributed by atoms with Crippen LogP contribution < -0.4 is 16.0 Å². The molecule has 3 rings (SSSR count). The van der Waals surface area contributed by atoms with Crippen LogP contribution in [0.4, 0.5) is 5.69 Å². The number of anilines is 1. The average Bonchev–Trinajstić information content (AvgIpc) is 2.88. The van der Waals surface area contributed by atoms with Gasteiger partial charge >= 0.3 is 0 Å². The normalized spacial score (nSPS) is 10.6. The number of methoxy groups -OCH3 is 2. The fourth-order valence-electron chi connectivity index (χ4n) is 3.45. The number of fused-ring (bicyclic) bond motifs is 1. The second-order valence-electron chi connectivity index (χ2n) is 7.60. The van der Waals surface area contributed by atoms with Crippen LogP contribution in [0.1, 0.15) is 16.1 Å². The molecule has 0 aliphatic carbocycles. The number of rotatable bonds is 11. The third-order valence-electron chi connectivity index (χ3n) is 5.16. The van der Waals surface area contributed by atoms with Gasteiger partial charge in [-0.2, -0.15) is 0 Å². The third-order valence-corrected chi connectivity index (χ3v) is 5.16. The topological polar surface area (TPSA) is 119 Å². The van der Waals surface area contributed by atoms with Crippen molar-refractivity contribution in [1.82, 2.24) is 15.6 Å². The second kappa shape index (κ2) is 12.4. The van der Waals surface area contributed by atoms with Gasteiger partial charge in [-0.3, -0.25) is 14.4 Å². The highest BCUT2D eigenvalue weighted by atomic mass is 16.5. The van der Waals surface area contributed by atoms with Crippen LogP contribution in [0.2, 0.25) is 0 Å². The zero-order chi connectivity index (χ0) is 25.2. The molecule has 0 fully saturated rings. The van der Waals surface area contributed by atoms with E-state index >= 15 is 0 Å². The molecule has 1 aromatic heterocycles. The van der Waals surface area contributed by atoms with Gasteiger partial charge in [0.25, 0.3) is 5.91 Å². The Morgan fingerprint density at radius 3 is 2.57 bits per heavy atom. The Kier molecular flexibility index (Phi) is 9.05. The molecule has 3 aromatic rings. The second-order valence-corrected chi connectivity index (χ2v) is 7.60. The third kappa shape index (κ3) is 6.72. The molecular formula is C26H28N4O5. The summed E-state index contributed by atoms with van der Waals surface area (Å²) in [4.78, 5) is 40.9. The van der Waals surface area contributed by atoms with E-state index in [0.717, 1.165) is 21.9 Å². The number of nitrogens with one attached hydrogen (secondary N) is 3. The van der Waals surface area contributed by atoms with E-state index in [2.05, 4.69) is 27.5 Å². The summed E-state index contributed by atoms with van der Waals surface area (Å²) in [5, 5.41) is 9.80. The minimum atomic E-state index is -0.462. The van der Waals surface area contributed by atoms with Crippen molar-refractivity contribution in [3.05, 3.63) is 72.4 Å². The molecule has 0 aliphatic heterocycles. The minimum Gasteiger partial charge on any atom is -0.383 e. The first-order valence-electron chi connectivity index (χ1n) is 11.0. The summed E-state index contributed by atoms with van der Waals surface area (Å²) < 4.78 is 10.2. The van der Waals surface area contributed by atoms with Crippen molar-refractivity contribution in [2.45, 2.75) is 6.61 Å². The molecule has 0 bridgehead atoms. The van der Waals surface area contributed by atoms with Gasteiger partial charge in [0.2, 0.25) is 11.8 Å². The van der Waals surface area contributed by atoms with Gasteiger partial charge in [-0.05, 0) is 29.7 Å². The van der Waals surface area contributed by atoms with Gasteiger partial charge in [-0.25, -0.2) is 4.98 Å². The Bertz CT molecular complexity index is 1240. The molecule has 182 valence electrons. The van der Waals surface area contributed by atoms with E-state index in [9.17, 15) is 14.4 Å². The standard InChI is InChI=1S/C26H28N4O5/c1-4-23(31)30-25-19(16-35-3)11-9-17-8-10-18(14-20(17)25)21-6-5-7-22(29-21)26(33)28-15-24(32)27-12-13-34-2/h4-11,14H,1,12-13,15-16H2,2-3H3,(H,27,32)(H,28,33)(H,30,31). The van der Waals surface area contributed by atoms with E-state index in [4.69, 9.17) is 9.47 Å². The smallest absolute Gasteiger partial charge is 0.270 e. The Balaban J connectivity index is 1.87. The number of ether oxygens (including phenoxy) is 2. The maximum atomic E-state index is 12.6. The van der Waals surface area contributed by atoms with Gasteiger partial charge in [-0.1, -0.05) is 36.9 Å². The Morgan fingerprint density at radius 1 is 1.03 bits per heavy atom. The zero-order valence-electron chi connectivity index (χ0n) is 19.7. The summed E-state index contributed by atoms with van der Waals surface area (Å²) in [6, 6.07) is 14.7. The van der Waals surface area contributed by atoms with Crippen LogP contribution in [0.3, 0.4) is 0 Å². The maximum Gasteiger partial charge on any atom is 0.270 e. The molecule has 1 heterocycles. The van der Waals surface area contributed by atoms with Crippen LogP contribution in [0.25, 0.3) is 22.0 Å². The lowest BCUT2D eigenvalue weighted by molar-refractivity contribution is -0.120. The number of hydrogen-bond acceptors (Lipinski definition) is 6. The lowest BCUT2D eigenvalue weighted by atomic mass is 10.00. The van der Waals surface area contributed by atoms with E-state index in [-0.39, 0.29) is 24.1 Å². The molecule has 0 aliphatic rings. The number of carbonyl (C=O) groups excluding carboxylic acids is 3. The molecule has 0 unspecified atom stereocenters. The summed E-state index contributed by atoms with van der Waals surface area (Å²) in [6.45, 7) is 4.43. The number of pyridine rings is 1. The number of aromatic nitrogens is 1. The molecular weight excluding hydrogens is 448 g/mol. The number of benzene rings is 2. The largest absolute Gasteiger partial charge is 0.383 e. The molecule has 3 N–H and O–H groups in total. The highest BCUT2D eigenvalue weighted by molar-refractivity contribution is 6.07. The van der Waals surface area contributed by atoms with E-state index < -0.39 is 5.91 Å². The van der Waals surface area contributed by atoms with Crippen molar-refractivity contribution < 1.29 is 23.9 Å². The lowest BCUT2D eigenvalue weighted by Crippen LogP contribution is -2.38. The van der Waals surface area contributed by atoms with Crippen molar-refractivity contribution in [2.75, 3.05) is 39.2 Å². The van der Waals surface area contributed by atoms with Gasteiger partial charge in [0, 0.05) is 37.3 Å². The predicted molar refractivity (Wildman–Crippen MR) is 134 cm³/mol. The number of hydrogen-bond donors (Lipinski definition) is 3. The molecule has 0 saturated carbocycles. The summed E-state index contributed by atoms with van der Waals surface area (Å²) >= 11 is 0. The van der Waals surface area contributed by atoms with E-state index in [1.165, 1.54) is 6.08 Å². The fourth-order valence-corrected chi connectivity index (χ4v) is 3.45. The molecule has 0 spiro atoms. The highest BCUT2D eigenvalue weighted by Crippen LogP contribution is 2.32. The Morgan fingerprint density at radius 2 is 1.83 bits per heavy atom. The van der Waals surface area contributed by atoms with Crippen molar-refractivity contribution in [3.8, 4) is 11.3 Å². The summed E-state index contributed by atoms with van der Waals surface area (Å²) in [7, 11) is 3.13. The zero-order valence-corrected chi connectivity index (χ0v) is 19.7. The van der Waals surface area contributed by atoms with Crippen molar-refractivity contribution >= 4 is 34.2 Å². The minimum absolute atomic E-state index is 0.168. The van der Waals surface area contributed by atoms with Gasteiger partial charge in [0.15, 0.2) is 0 Å². The van der Waals surface area contributed by atoms with Gasteiger partial charge < -0.3 is 25.4 Å². The monoisotopic (exact) mass is 476 g/mol. The predicted octanol–water partition coefficient (Wildman–Crippen LogP) is 2.67. The summed E-state index contributed by atoms with van der Waals surface area (Å²) in [6.07, 6.45) is 1.21. The van der Waals surface area contributed by atoms with Gasteiger partial charge in [0.1, 0.15) is 5.69 Å². The molecule has 0 atom stereocenters. The molecule has 35 heavy (non-hydrogen) atoms. The number of carbonyl (C=O) groups is 3. The first-order valence-corrected chi connectivity index (χ1v) is 11.0. The first kappa shape index (κ1) is 25.5. The SMILES string of the molecule is C=CC(=O)Nc1c(COC)ccc2ccc(-c3cccc(C(=O)NCC(=O)NCCOC)n3)cc12. The average molecular weight is 477 g/mol. The van der Waals surface area contributed by atoms with Crippen molar-refractivity contribution in [3.63, 3.8) is 0 Å². The van der Waals surface area contributed by atoms with Crippen LogP contribution in [-0.4, -0.2) is 56.6 Å². The van der Waals surface area contributed by atoms with Crippen LogP contribution in [0, 0.1) is 0 Å². The Labute approximate surface area is 203 Å². The van der Waals surface area contributed by atoms with Crippen LogP contribution >= 0.6 is 0 Å². The van der Waals surface area contributed by atoms with Crippen LogP contribution in [0.5, 0.6) is 0 Å². The number of nitrogens with zero attached hydrogens (tertiary/aromatic N) is 1. The highest BCUT2D eigenvalue weighted by Gasteiger charge is 2.14. The summed E-state index contributed by atoms with van der Waals surface area (Å²) in [5.41, 5.74) is 2.96. The molecule has 0 radical (unpaired) electrons. The quantitative estimate of drug-likeness (QED) is 0.289. The van der Waals surface area contributed by atoms with Gasteiger partial charge in [-0.15, -0.1) is 0 Å². The maximum absolute atomic E-state index is 12.6. The first-order chi connectivity index (χ1) is 17.0. The lowest BCUT2D eigenvalue weighted by Gasteiger charge is -2.14. The molecule has 9 nitrogen and oxygen atoms in total. The molecule has 2 aromatic carbocycles. The van der Waals surface area contributed by atoms with Crippen molar-refractivity contribution in [1.29, 1.82) is 0 Å². The van der Waals surface area contributed by atoms with E-state index in [1.807, 2.05) is 30.3 Å². The molecule has 0 saturated heterocycles. The van der Waals surface area contributed by atoms with E-state index in [1.54, 1.807) is 32.4 Å². The van der Waals surface area contributed by atoms with Crippen LogP contribution in [-0.2, 0) is 25.7 Å². The van der Waals surface area contributed by atoms with E-state index in [0.29, 0.717) is 31.1 Å². The molecule has 9 heteroatoms. The molecule has 3 amide bonds. The number of amides is 3. The fraction of sp³-hybridized carbons (Fsp3) is 0.231.